The number of nitrogens with zero attached hydrogens (tertiary/aromatic N) is 3. The number of hydrogen-bond acceptors (Lipinski definition) is 3. The van der Waals surface area contributed by atoms with Crippen LogP contribution in [0, 0.1) is 11.3 Å². The molecule has 90 valence electrons. The van der Waals surface area contributed by atoms with Crippen molar-refractivity contribution in [3.63, 3.8) is 0 Å². The number of benzene rings is 1. The van der Waals surface area contributed by atoms with Crippen LogP contribution >= 0.6 is 0 Å². The van der Waals surface area contributed by atoms with E-state index in [0.29, 0.717) is 5.69 Å². The predicted octanol–water partition coefficient (Wildman–Crippen LogP) is 1.94. The summed E-state index contributed by atoms with van der Waals surface area (Å²) in [5.41, 5.74) is 2.43. The third kappa shape index (κ3) is 2.74. The highest BCUT2D eigenvalue weighted by atomic mass is 16.1. The van der Waals surface area contributed by atoms with Gasteiger partial charge in [0.05, 0.1) is 11.8 Å². The molecule has 2 aromatic rings. The number of anilines is 1. The average molecular weight is 240 g/mol. The van der Waals surface area contributed by atoms with Gasteiger partial charge in [0.2, 0.25) is 5.91 Å². The van der Waals surface area contributed by atoms with Crippen molar-refractivity contribution < 1.29 is 4.79 Å². The van der Waals surface area contributed by atoms with Gasteiger partial charge in [-0.25, -0.2) is 0 Å². The molecular formula is C13H12N4O. The fourth-order valence-electron chi connectivity index (χ4n) is 1.60. The van der Waals surface area contributed by atoms with Crippen LogP contribution in [0.2, 0.25) is 0 Å². The molecule has 0 spiro atoms. The van der Waals surface area contributed by atoms with Crippen molar-refractivity contribution in [2.75, 3.05) is 5.32 Å². The summed E-state index contributed by atoms with van der Waals surface area (Å²) in [5.74, 6) is -0.310. The van der Waals surface area contributed by atoms with Gasteiger partial charge in [-0.2, -0.15) is 10.4 Å². The van der Waals surface area contributed by atoms with Crippen molar-refractivity contribution in [2.24, 2.45) is 7.05 Å². The number of carbonyl (C=O) groups is 1. The van der Waals surface area contributed by atoms with Crippen LogP contribution in [0.5, 0.6) is 0 Å². The summed E-state index contributed by atoms with van der Waals surface area (Å²) in [7, 11) is 1.85. The normalized spacial score (nSPS) is 9.78. The van der Waals surface area contributed by atoms with Crippen LogP contribution in [-0.4, -0.2) is 15.7 Å². The number of nitriles is 1. The third-order valence-corrected chi connectivity index (χ3v) is 2.40. The predicted molar refractivity (Wildman–Crippen MR) is 67.5 cm³/mol. The number of carbonyl (C=O) groups excluding carboxylic acids is 1. The molecule has 0 aliphatic rings. The van der Waals surface area contributed by atoms with Crippen LogP contribution in [0.25, 0.3) is 11.3 Å². The zero-order chi connectivity index (χ0) is 13.0. The van der Waals surface area contributed by atoms with Crippen molar-refractivity contribution in [1.82, 2.24) is 9.78 Å². The quantitative estimate of drug-likeness (QED) is 0.891. The Morgan fingerprint density at radius 2 is 2.33 bits per heavy atom. The molecule has 5 heteroatoms. The second-order valence-electron chi connectivity index (χ2n) is 3.84. The van der Waals surface area contributed by atoms with E-state index in [9.17, 15) is 4.79 Å². The van der Waals surface area contributed by atoms with Crippen LogP contribution in [0.15, 0.2) is 36.5 Å². The minimum absolute atomic E-state index is 0.145. The molecule has 1 N–H and O–H groups in total. The van der Waals surface area contributed by atoms with E-state index < -0.39 is 0 Å². The first kappa shape index (κ1) is 11.9. The van der Waals surface area contributed by atoms with Crippen molar-refractivity contribution in [1.29, 1.82) is 5.26 Å². The first-order chi connectivity index (χ1) is 8.69. The lowest BCUT2D eigenvalue weighted by Crippen LogP contribution is -2.09. The molecule has 1 heterocycles. The fraction of sp³-hybridized carbons (Fsp3) is 0.154. The number of nitrogens with one attached hydrogen (secondary N) is 1. The molecule has 0 bridgehead atoms. The van der Waals surface area contributed by atoms with E-state index in [4.69, 9.17) is 5.26 Å². The number of aryl methyl sites for hydroxylation is 1. The summed E-state index contributed by atoms with van der Waals surface area (Å²) in [4.78, 5) is 11.3. The minimum atomic E-state index is -0.310. The fourth-order valence-corrected chi connectivity index (χ4v) is 1.60. The standard InChI is InChI=1S/C13H12N4O/c1-17-8-6-12(16-17)10-3-2-4-11(9-10)15-13(18)5-7-14/h2-4,6,8-9H,5H2,1H3,(H,15,18). The maximum Gasteiger partial charge on any atom is 0.238 e. The Balaban J connectivity index is 2.20. The van der Waals surface area contributed by atoms with Crippen LogP contribution in [0.3, 0.4) is 0 Å². The van der Waals surface area contributed by atoms with Gasteiger partial charge in [0.15, 0.2) is 0 Å². The van der Waals surface area contributed by atoms with E-state index in [2.05, 4.69) is 10.4 Å². The summed E-state index contributed by atoms with van der Waals surface area (Å²) in [6.45, 7) is 0. The van der Waals surface area contributed by atoms with E-state index in [1.807, 2.05) is 43.6 Å². The molecule has 0 atom stereocenters. The molecule has 1 aromatic carbocycles. The first-order valence-corrected chi connectivity index (χ1v) is 5.46. The molecule has 0 fully saturated rings. The molecule has 0 saturated heterocycles. The molecule has 18 heavy (non-hydrogen) atoms. The summed E-state index contributed by atoms with van der Waals surface area (Å²) in [5, 5.41) is 15.4. The largest absolute Gasteiger partial charge is 0.325 e. The second kappa shape index (κ2) is 5.15. The van der Waals surface area contributed by atoms with Crippen LogP contribution < -0.4 is 5.32 Å². The Morgan fingerprint density at radius 1 is 1.50 bits per heavy atom. The van der Waals surface area contributed by atoms with E-state index in [0.717, 1.165) is 11.3 Å². The maximum atomic E-state index is 11.3. The van der Waals surface area contributed by atoms with E-state index >= 15 is 0 Å². The average Bonchev–Trinajstić information content (AvgIpc) is 2.76. The number of amides is 1. The highest BCUT2D eigenvalue weighted by molar-refractivity contribution is 5.92. The lowest BCUT2D eigenvalue weighted by molar-refractivity contribution is -0.115. The Labute approximate surface area is 105 Å². The van der Waals surface area contributed by atoms with E-state index in [1.165, 1.54) is 0 Å². The Kier molecular flexibility index (Phi) is 3.39. The van der Waals surface area contributed by atoms with Gasteiger partial charge in [-0.05, 0) is 18.2 Å². The van der Waals surface area contributed by atoms with Gasteiger partial charge in [0.25, 0.3) is 0 Å². The van der Waals surface area contributed by atoms with Crippen molar-refractivity contribution in [2.45, 2.75) is 6.42 Å². The van der Waals surface area contributed by atoms with Crippen molar-refractivity contribution in [3.05, 3.63) is 36.5 Å². The van der Waals surface area contributed by atoms with Crippen LogP contribution in [-0.2, 0) is 11.8 Å². The minimum Gasteiger partial charge on any atom is -0.325 e. The van der Waals surface area contributed by atoms with Crippen molar-refractivity contribution >= 4 is 11.6 Å². The topological polar surface area (TPSA) is 70.7 Å². The molecule has 1 amide bonds. The van der Waals surface area contributed by atoms with Crippen LogP contribution in [0.4, 0.5) is 5.69 Å². The third-order valence-electron chi connectivity index (χ3n) is 2.40. The SMILES string of the molecule is Cn1ccc(-c2cccc(NC(=O)CC#N)c2)n1. The lowest BCUT2D eigenvalue weighted by Gasteiger charge is -2.04. The summed E-state index contributed by atoms with van der Waals surface area (Å²) < 4.78 is 1.72. The van der Waals surface area contributed by atoms with Crippen molar-refractivity contribution in [3.8, 4) is 17.3 Å². The monoisotopic (exact) mass is 240 g/mol. The van der Waals surface area contributed by atoms with Gasteiger partial charge >= 0.3 is 0 Å². The maximum absolute atomic E-state index is 11.3. The molecule has 0 unspecified atom stereocenters. The van der Waals surface area contributed by atoms with Crippen LogP contribution in [0.1, 0.15) is 6.42 Å². The smallest absolute Gasteiger partial charge is 0.238 e. The first-order valence-electron chi connectivity index (χ1n) is 5.46. The summed E-state index contributed by atoms with van der Waals surface area (Å²) in [6, 6.07) is 11.1. The molecule has 0 radical (unpaired) electrons. The highest BCUT2D eigenvalue weighted by Gasteiger charge is 2.04. The lowest BCUT2D eigenvalue weighted by atomic mass is 10.1. The Morgan fingerprint density at radius 3 is 3.00 bits per heavy atom. The molecule has 0 aliphatic heterocycles. The van der Waals surface area contributed by atoms with Gasteiger partial charge in [0.1, 0.15) is 6.42 Å². The molecule has 5 nitrogen and oxygen atoms in total. The zero-order valence-electron chi connectivity index (χ0n) is 9.92. The molecular weight excluding hydrogens is 228 g/mol. The summed E-state index contributed by atoms with van der Waals surface area (Å²) >= 11 is 0. The highest BCUT2D eigenvalue weighted by Crippen LogP contribution is 2.20. The summed E-state index contributed by atoms with van der Waals surface area (Å²) in [6.07, 6.45) is 1.71. The van der Waals surface area contributed by atoms with Gasteiger partial charge in [0, 0.05) is 24.5 Å². The molecule has 2 rings (SSSR count). The number of rotatable bonds is 3. The molecule has 0 saturated carbocycles. The Bertz CT molecular complexity index is 609. The Hall–Kier alpha value is -2.61. The number of hydrogen-bond donors (Lipinski definition) is 1. The number of aromatic nitrogens is 2. The molecule has 1 aromatic heterocycles. The van der Waals surface area contributed by atoms with Gasteiger partial charge in [-0.15, -0.1) is 0 Å². The zero-order valence-corrected chi connectivity index (χ0v) is 9.92. The molecule has 0 aliphatic carbocycles. The van der Waals surface area contributed by atoms with E-state index in [-0.39, 0.29) is 12.3 Å². The van der Waals surface area contributed by atoms with E-state index in [1.54, 1.807) is 10.7 Å². The van der Waals surface area contributed by atoms with Gasteiger partial charge in [-0.3, -0.25) is 9.48 Å². The second-order valence-corrected chi connectivity index (χ2v) is 3.84. The van der Waals surface area contributed by atoms with Gasteiger partial charge in [-0.1, -0.05) is 12.1 Å². The van der Waals surface area contributed by atoms with Gasteiger partial charge < -0.3 is 5.32 Å².